The Balaban J connectivity index is 1.61. The summed E-state index contributed by atoms with van der Waals surface area (Å²) in [7, 11) is 0. The van der Waals surface area contributed by atoms with E-state index < -0.39 is 0 Å². The van der Waals surface area contributed by atoms with Crippen LogP contribution in [0.3, 0.4) is 0 Å². The molecule has 3 aliphatic rings. The Bertz CT molecular complexity index is 950. The van der Waals surface area contributed by atoms with Crippen LogP contribution in [-0.2, 0) is 11.2 Å². The quantitative estimate of drug-likeness (QED) is 0.496. The second kappa shape index (κ2) is 5.94. The molecule has 0 aliphatic heterocycles. The second-order valence-electron chi connectivity index (χ2n) is 10.9. The van der Waals surface area contributed by atoms with Crippen LogP contribution in [0.1, 0.15) is 70.9 Å². The SMILES string of the molecule is CC1C(=O)C(C)(C)C(C)(C)C2C1CCC1c3ccc4ccccc4c3CCC12. The molecule has 0 radical (unpaired) electrons. The molecule has 0 spiro atoms. The lowest BCUT2D eigenvalue weighted by Crippen LogP contribution is -2.60. The second-order valence-corrected chi connectivity index (χ2v) is 10.9. The summed E-state index contributed by atoms with van der Waals surface area (Å²) >= 11 is 0. The van der Waals surface area contributed by atoms with Crippen molar-refractivity contribution in [3.63, 3.8) is 0 Å². The van der Waals surface area contributed by atoms with Gasteiger partial charge < -0.3 is 0 Å². The molecule has 5 atom stereocenters. The summed E-state index contributed by atoms with van der Waals surface area (Å²) in [5, 5.41) is 2.85. The number of hydrogen-bond donors (Lipinski definition) is 0. The Morgan fingerprint density at radius 3 is 2.43 bits per heavy atom. The zero-order valence-electron chi connectivity index (χ0n) is 18.1. The fourth-order valence-electron chi connectivity index (χ4n) is 7.52. The van der Waals surface area contributed by atoms with Crippen LogP contribution in [0.4, 0.5) is 0 Å². The van der Waals surface area contributed by atoms with E-state index in [1.165, 1.54) is 36.5 Å². The highest BCUT2D eigenvalue weighted by molar-refractivity contribution is 5.89. The topological polar surface area (TPSA) is 17.1 Å². The molecule has 1 nitrogen and oxygen atoms in total. The van der Waals surface area contributed by atoms with Gasteiger partial charge >= 0.3 is 0 Å². The van der Waals surface area contributed by atoms with Crippen molar-refractivity contribution in [3.05, 3.63) is 47.5 Å². The molecular weight excluding hydrogens is 340 g/mol. The van der Waals surface area contributed by atoms with Gasteiger partial charge in [-0.3, -0.25) is 4.79 Å². The van der Waals surface area contributed by atoms with Crippen molar-refractivity contribution in [2.45, 2.75) is 66.2 Å². The van der Waals surface area contributed by atoms with Gasteiger partial charge in [0.05, 0.1) is 0 Å². The molecule has 0 saturated heterocycles. The first-order valence-corrected chi connectivity index (χ1v) is 11.3. The maximum absolute atomic E-state index is 13.2. The Labute approximate surface area is 169 Å². The molecule has 2 aromatic rings. The molecular formula is C27H34O. The minimum atomic E-state index is -0.237. The predicted octanol–water partition coefficient (Wildman–Crippen LogP) is 6.78. The molecule has 5 unspecified atom stereocenters. The molecule has 0 N–H and O–H groups in total. The van der Waals surface area contributed by atoms with E-state index >= 15 is 0 Å². The number of carbonyl (C=O) groups excluding carboxylic acids is 1. The number of benzene rings is 2. The van der Waals surface area contributed by atoms with Crippen LogP contribution in [0.2, 0.25) is 0 Å². The highest BCUT2D eigenvalue weighted by atomic mass is 16.1. The number of rotatable bonds is 0. The number of ketones is 1. The fraction of sp³-hybridized carbons (Fsp3) is 0.593. The van der Waals surface area contributed by atoms with E-state index in [-0.39, 0.29) is 16.7 Å². The normalized spacial score (nSPS) is 35.8. The Hall–Kier alpha value is -1.63. The molecule has 0 aromatic heterocycles. The van der Waals surface area contributed by atoms with Gasteiger partial charge in [-0.05, 0) is 76.7 Å². The number of aryl methyl sites for hydroxylation is 1. The Kier molecular flexibility index (Phi) is 3.90. The van der Waals surface area contributed by atoms with Crippen molar-refractivity contribution in [1.29, 1.82) is 0 Å². The van der Waals surface area contributed by atoms with Crippen LogP contribution in [0.25, 0.3) is 10.8 Å². The number of fused-ring (bicyclic) bond motifs is 7. The summed E-state index contributed by atoms with van der Waals surface area (Å²) in [6.45, 7) is 11.5. The van der Waals surface area contributed by atoms with Crippen molar-refractivity contribution in [3.8, 4) is 0 Å². The van der Waals surface area contributed by atoms with Gasteiger partial charge in [0.25, 0.3) is 0 Å². The van der Waals surface area contributed by atoms with Crippen LogP contribution in [-0.4, -0.2) is 5.78 Å². The summed E-state index contributed by atoms with van der Waals surface area (Å²) in [5.41, 5.74) is 3.04. The van der Waals surface area contributed by atoms with Crippen molar-refractivity contribution < 1.29 is 4.79 Å². The van der Waals surface area contributed by atoms with Crippen molar-refractivity contribution in [2.75, 3.05) is 0 Å². The van der Waals surface area contributed by atoms with E-state index in [0.29, 0.717) is 23.5 Å². The van der Waals surface area contributed by atoms with Crippen LogP contribution >= 0.6 is 0 Å². The zero-order chi connectivity index (χ0) is 19.8. The molecule has 2 fully saturated rings. The molecule has 2 saturated carbocycles. The molecule has 0 amide bonds. The summed E-state index contributed by atoms with van der Waals surface area (Å²) in [6.07, 6.45) is 4.95. The van der Waals surface area contributed by atoms with Gasteiger partial charge in [-0.15, -0.1) is 0 Å². The molecule has 1 heteroatoms. The smallest absolute Gasteiger partial charge is 0.142 e. The maximum Gasteiger partial charge on any atom is 0.142 e. The van der Waals surface area contributed by atoms with Crippen molar-refractivity contribution in [1.82, 2.24) is 0 Å². The fourth-order valence-corrected chi connectivity index (χ4v) is 7.52. The summed E-state index contributed by atoms with van der Waals surface area (Å²) < 4.78 is 0. The summed E-state index contributed by atoms with van der Waals surface area (Å²) in [6, 6.07) is 13.7. The van der Waals surface area contributed by atoms with E-state index in [0.717, 1.165) is 5.92 Å². The molecule has 148 valence electrons. The standard InChI is InChI=1S/C27H34O/c1-16-18-12-13-22-21-11-10-17-8-6-7-9-19(17)20(21)14-15-23(22)24(18)26(2,3)27(4,5)25(16)28/h6-11,16,18,22-24H,12-15H2,1-5H3. The third-order valence-corrected chi connectivity index (χ3v) is 9.57. The lowest BCUT2D eigenvalue weighted by molar-refractivity contribution is -0.165. The number of carbonyl (C=O) groups is 1. The van der Waals surface area contributed by atoms with Gasteiger partial charge in [0, 0.05) is 11.3 Å². The Morgan fingerprint density at radius 1 is 0.893 bits per heavy atom. The number of hydrogen-bond acceptors (Lipinski definition) is 1. The van der Waals surface area contributed by atoms with E-state index in [2.05, 4.69) is 71.0 Å². The minimum absolute atomic E-state index is 0.0545. The predicted molar refractivity (Wildman–Crippen MR) is 116 cm³/mol. The van der Waals surface area contributed by atoms with Gasteiger partial charge in [-0.25, -0.2) is 0 Å². The van der Waals surface area contributed by atoms with Crippen LogP contribution in [0.15, 0.2) is 36.4 Å². The molecule has 5 rings (SSSR count). The largest absolute Gasteiger partial charge is 0.299 e. The van der Waals surface area contributed by atoms with Crippen LogP contribution in [0, 0.1) is 34.5 Å². The highest BCUT2D eigenvalue weighted by Gasteiger charge is 2.61. The van der Waals surface area contributed by atoms with Crippen molar-refractivity contribution >= 4 is 16.6 Å². The molecule has 2 aromatic carbocycles. The summed E-state index contributed by atoms with van der Waals surface area (Å²) in [5.74, 6) is 3.32. The average molecular weight is 375 g/mol. The van der Waals surface area contributed by atoms with E-state index in [1.54, 1.807) is 11.1 Å². The third-order valence-electron chi connectivity index (χ3n) is 9.57. The summed E-state index contributed by atoms with van der Waals surface area (Å²) in [4.78, 5) is 13.2. The zero-order valence-corrected chi connectivity index (χ0v) is 18.1. The van der Waals surface area contributed by atoms with Crippen molar-refractivity contribution in [2.24, 2.45) is 34.5 Å². The monoisotopic (exact) mass is 374 g/mol. The van der Waals surface area contributed by atoms with Gasteiger partial charge in [0.15, 0.2) is 0 Å². The van der Waals surface area contributed by atoms with E-state index in [4.69, 9.17) is 0 Å². The molecule has 3 aliphatic carbocycles. The number of Topliss-reactive ketones (excluding diaryl/α,β-unsaturated/α-hetero) is 1. The van der Waals surface area contributed by atoms with Gasteiger partial charge in [-0.2, -0.15) is 0 Å². The maximum atomic E-state index is 13.2. The van der Waals surface area contributed by atoms with E-state index in [9.17, 15) is 4.79 Å². The first-order chi connectivity index (χ1) is 13.2. The lowest BCUT2D eigenvalue weighted by Gasteiger charge is -2.62. The highest BCUT2D eigenvalue weighted by Crippen LogP contribution is 2.64. The molecule has 28 heavy (non-hydrogen) atoms. The van der Waals surface area contributed by atoms with Gasteiger partial charge in [-0.1, -0.05) is 71.0 Å². The van der Waals surface area contributed by atoms with Gasteiger partial charge in [0.1, 0.15) is 5.78 Å². The minimum Gasteiger partial charge on any atom is -0.299 e. The third kappa shape index (κ3) is 2.22. The van der Waals surface area contributed by atoms with Gasteiger partial charge in [0.2, 0.25) is 0 Å². The van der Waals surface area contributed by atoms with E-state index in [1.807, 2.05) is 0 Å². The lowest BCUT2D eigenvalue weighted by atomic mass is 9.41. The van der Waals surface area contributed by atoms with Crippen LogP contribution < -0.4 is 0 Å². The first-order valence-electron chi connectivity index (χ1n) is 11.3. The Morgan fingerprint density at radius 2 is 1.64 bits per heavy atom. The average Bonchev–Trinajstić information content (AvgIpc) is 2.70. The molecule has 0 heterocycles. The van der Waals surface area contributed by atoms with Crippen LogP contribution in [0.5, 0.6) is 0 Å². The first kappa shape index (κ1) is 18.4. The molecule has 0 bridgehead atoms.